The summed E-state index contributed by atoms with van der Waals surface area (Å²) in [5.74, 6) is -1.35. The molecule has 1 aromatic heterocycles. The number of amides is 3. The molecule has 48 heavy (non-hydrogen) atoms. The molecule has 254 valence electrons. The molecule has 0 saturated carbocycles. The highest BCUT2D eigenvalue weighted by atomic mass is 32.2. The first-order valence-corrected chi connectivity index (χ1v) is 17.4. The lowest BCUT2D eigenvalue weighted by atomic mass is 9.86. The van der Waals surface area contributed by atoms with Crippen molar-refractivity contribution in [3.63, 3.8) is 0 Å². The number of sulfonamides is 1. The molecule has 0 aliphatic rings. The second-order valence-corrected chi connectivity index (χ2v) is 14.2. The van der Waals surface area contributed by atoms with Gasteiger partial charge < -0.3 is 10.4 Å². The number of nitrogens with one attached hydrogen (secondary N) is 4. The molecule has 4 aromatic rings. The molecule has 2 atom stereocenters. The van der Waals surface area contributed by atoms with Gasteiger partial charge in [0.05, 0.1) is 22.1 Å². The van der Waals surface area contributed by atoms with Crippen LogP contribution < -0.4 is 20.9 Å². The van der Waals surface area contributed by atoms with Crippen molar-refractivity contribution in [2.24, 2.45) is 5.92 Å². The predicted octanol–water partition coefficient (Wildman–Crippen LogP) is 3.82. The number of carbonyl (C=O) groups is 3. The van der Waals surface area contributed by atoms with Crippen molar-refractivity contribution < 1.29 is 27.9 Å². The van der Waals surface area contributed by atoms with E-state index in [1.807, 2.05) is 42.5 Å². The number of hydrogen-bond acceptors (Lipinski definition) is 7. The number of hydrogen-bond donors (Lipinski definition) is 5. The van der Waals surface area contributed by atoms with Gasteiger partial charge in [-0.15, -0.1) is 0 Å². The summed E-state index contributed by atoms with van der Waals surface area (Å²) < 4.78 is 29.2. The van der Waals surface area contributed by atoms with Gasteiger partial charge in [0.25, 0.3) is 5.91 Å². The van der Waals surface area contributed by atoms with Gasteiger partial charge in [0.2, 0.25) is 21.8 Å². The molecule has 0 unspecified atom stereocenters. The Morgan fingerprint density at radius 3 is 2.25 bits per heavy atom. The summed E-state index contributed by atoms with van der Waals surface area (Å²) in [6, 6.07) is 26.6. The molecule has 0 spiro atoms. The van der Waals surface area contributed by atoms with Crippen molar-refractivity contribution in [3.05, 3.63) is 108 Å². The number of rotatable bonds is 15. The molecular weight excluding hydrogens is 630 g/mol. The van der Waals surface area contributed by atoms with Crippen LogP contribution in [0.3, 0.4) is 0 Å². The predicted molar refractivity (Wildman–Crippen MR) is 184 cm³/mol. The van der Waals surface area contributed by atoms with Crippen molar-refractivity contribution in [1.29, 1.82) is 0 Å². The first-order valence-electron chi connectivity index (χ1n) is 15.9. The largest absolute Gasteiger partial charge is 0.389 e. The highest BCUT2D eigenvalue weighted by Crippen LogP contribution is 2.22. The smallest absolute Gasteiger partial charge is 0.288 e. The van der Waals surface area contributed by atoms with Gasteiger partial charge in [-0.25, -0.2) is 18.1 Å². The summed E-state index contributed by atoms with van der Waals surface area (Å²) in [7, 11) is -3.98. The minimum absolute atomic E-state index is 0.118. The standard InChI is InChI=1S/C36H43N5O6S/c1-25(2)17-18-28-14-8-10-16-31(28)48(46,47)37-24-32(42)36(3,23-26-11-5-4-6-12-26)39-33(43)21-22-34(44)40-41-35(45)30-20-19-27-13-7-9-15-29(27)38-30/h4-16,19-20,25,32,37,42H,17-18,21-24H2,1-3H3,(H,39,43)(H,40,44)(H,41,45)/t32-,36+/m1/s1. The van der Waals surface area contributed by atoms with Crippen LogP contribution in [0.4, 0.5) is 0 Å². The molecule has 0 radical (unpaired) electrons. The molecular formula is C36H43N5O6S. The molecule has 12 heteroatoms. The monoisotopic (exact) mass is 673 g/mol. The summed E-state index contributed by atoms with van der Waals surface area (Å²) in [5.41, 5.74) is 5.56. The maximum atomic E-state index is 13.4. The number of para-hydroxylation sites is 1. The minimum atomic E-state index is -3.98. The molecule has 3 amide bonds. The normalized spacial score (nSPS) is 13.4. The van der Waals surface area contributed by atoms with E-state index in [2.05, 4.69) is 39.7 Å². The highest BCUT2D eigenvalue weighted by molar-refractivity contribution is 7.89. The topological polar surface area (TPSA) is 167 Å². The Labute approximate surface area is 281 Å². The van der Waals surface area contributed by atoms with Crippen molar-refractivity contribution in [2.45, 2.75) is 69.4 Å². The lowest BCUT2D eigenvalue weighted by molar-refractivity contribution is -0.128. The Kier molecular flexibility index (Phi) is 12.4. The van der Waals surface area contributed by atoms with Crippen LogP contribution in [0.15, 0.2) is 95.9 Å². The van der Waals surface area contributed by atoms with E-state index in [0.29, 0.717) is 23.4 Å². The van der Waals surface area contributed by atoms with Gasteiger partial charge in [0.15, 0.2) is 0 Å². The Morgan fingerprint density at radius 1 is 0.833 bits per heavy atom. The van der Waals surface area contributed by atoms with Crippen molar-refractivity contribution in [1.82, 2.24) is 25.9 Å². The number of aliphatic hydroxyl groups is 1. The fourth-order valence-corrected chi connectivity index (χ4v) is 6.53. The number of carbonyl (C=O) groups excluding carboxylic acids is 3. The second kappa shape index (κ2) is 16.4. The number of fused-ring (bicyclic) bond motifs is 1. The van der Waals surface area contributed by atoms with E-state index in [0.717, 1.165) is 17.4 Å². The number of aromatic nitrogens is 1. The molecule has 0 saturated heterocycles. The van der Waals surface area contributed by atoms with Crippen LogP contribution >= 0.6 is 0 Å². The SMILES string of the molecule is CC(C)CCc1ccccc1S(=O)(=O)NC[C@@H](O)[C@](C)(Cc1ccccc1)NC(=O)CCC(=O)NNC(=O)c1ccc2ccccc2n1. The Hall–Kier alpha value is -4.65. The van der Waals surface area contributed by atoms with Crippen LogP contribution in [-0.4, -0.2) is 54.4 Å². The molecule has 1 heterocycles. The number of pyridine rings is 1. The van der Waals surface area contributed by atoms with Crippen LogP contribution in [0.2, 0.25) is 0 Å². The summed E-state index contributed by atoms with van der Waals surface area (Å²) in [6.45, 7) is 5.41. The summed E-state index contributed by atoms with van der Waals surface area (Å²) in [6.07, 6.45) is -0.230. The summed E-state index contributed by atoms with van der Waals surface area (Å²) in [4.78, 5) is 42.6. The third-order valence-corrected chi connectivity index (χ3v) is 9.54. The van der Waals surface area contributed by atoms with Gasteiger partial charge in [-0.05, 0) is 61.4 Å². The van der Waals surface area contributed by atoms with Crippen molar-refractivity contribution >= 4 is 38.6 Å². The molecule has 0 aliphatic carbocycles. The van der Waals surface area contributed by atoms with E-state index in [4.69, 9.17) is 0 Å². The number of aryl methyl sites for hydroxylation is 1. The molecule has 3 aromatic carbocycles. The quantitative estimate of drug-likeness (QED) is 0.120. The molecule has 4 rings (SSSR count). The fourth-order valence-electron chi connectivity index (χ4n) is 5.23. The molecule has 0 fully saturated rings. The third kappa shape index (κ3) is 10.2. The average molecular weight is 674 g/mol. The van der Waals surface area contributed by atoms with Crippen LogP contribution in [-0.2, 0) is 32.5 Å². The molecule has 11 nitrogen and oxygen atoms in total. The van der Waals surface area contributed by atoms with Gasteiger partial charge in [-0.3, -0.25) is 25.2 Å². The Balaban J connectivity index is 1.36. The summed E-state index contributed by atoms with van der Waals surface area (Å²) >= 11 is 0. The van der Waals surface area contributed by atoms with Gasteiger partial charge in [0, 0.05) is 24.8 Å². The highest BCUT2D eigenvalue weighted by Gasteiger charge is 2.36. The molecule has 0 aliphatic heterocycles. The van der Waals surface area contributed by atoms with E-state index in [-0.39, 0.29) is 36.4 Å². The van der Waals surface area contributed by atoms with Crippen molar-refractivity contribution in [2.75, 3.05) is 6.54 Å². The van der Waals surface area contributed by atoms with E-state index < -0.39 is 39.4 Å². The van der Waals surface area contributed by atoms with E-state index in [9.17, 15) is 27.9 Å². The maximum Gasteiger partial charge on any atom is 0.288 e. The first kappa shape index (κ1) is 36.2. The zero-order valence-corrected chi connectivity index (χ0v) is 28.2. The number of benzene rings is 3. The summed E-state index contributed by atoms with van der Waals surface area (Å²) in [5, 5.41) is 15.0. The average Bonchev–Trinajstić information content (AvgIpc) is 3.08. The van der Waals surface area contributed by atoms with E-state index in [1.54, 1.807) is 55.5 Å². The second-order valence-electron chi connectivity index (χ2n) is 12.4. The Morgan fingerprint density at radius 2 is 1.50 bits per heavy atom. The maximum absolute atomic E-state index is 13.4. The zero-order valence-electron chi connectivity index (χ0n) is 27.4. The number of nitrogens with zero attached hydrogens (tertiary/aromatic N) is 1. The number of hydrazine groups is 1. The van der Waals surface area contributed by atoms with Crippen LogP contribution in [0.5, 0.6) is 0 Å². The molecule has 0 bridgehead atoms. The zero-order chi connectivity index (χ0) is 34.7. The first-order chi connectivity index (χ1) is 22.9. The number of aliphatic hydroxyl groups excluding tert-OH is 1. The van der Waals surface area contributed by atoms with Gasteiger partial charge >= 0.3 is 0 Å². The van der Waals surface area contributed by atoms with Gasteiger partial charge in [0.1, 0.15) is 5.69 Å². The molecule has 5 N–H and O–H groups in total. The minimum Gasteiger partial charge on any atom is -0.389 e. The van der Waals surface area contributed by atoms with E-state index >= 15 is 0 Å². The lowest BCUT2D eigenvalue weighted by Crippen LogP contribution is -2.59. The lowest BCUT2D eigenvalue weighted by Gasteiger charge is -2.36. The third-order valence-electron chi connectivity index (χ3n) is 8.02. The van der Waals surface area contributed by atoms with Crippen molar-refractivity contribution in [3.8, 4) is 0 Å². The van der Waals surface area contributed by atoms with Crippen LogP contribution in [0.25, 0.3) is 10.9 Å². The fraction of sp³-hybridized carbons (Fsp3) is 0.333. The van der Waals surface area contributed by atoms with Crippen LogP contribution in [0.1, 0.15) is 61.6 Å². The Bertz CT molecular complexity index is 1830. The van der Waals surface area contributed by atoms with Crippen LogP contribution in [0, 0.1) is 5.92 Å². The van der Waals surface area contributed by atoms with Gasteiger partial charge in [-0.1, -0.05) is 86.6 Å². The van der Waals surface area contributed by atoms with E-state index in [1.165, 1.54) is 0 Å². The van der Waals surface area contributed by atoms with Gasteiger partial charge in [-0.2, -0.15) is 0 Å².